The summed E-state index contributed by atoms with van der Waals surface area (Å²) in [6, 6.07) is 10.3. The molecule has 1 aliphatic rings. The Kier molecular flexibility index (Phi) is 5.05. The van der Waals surface area contributed by atoms with E-state index in [0.29, 0.717) is 5.92 Å². The molecule has 0 bridgehead atoms. The SMILES string of the molecule is CC(C)(C)OC(=O)N1CCC(/C=C/c2ccccc2)CC1. The van der Waals surface area contributed by atoms with Crippen LogP contribution >= 0.6 is 0 Å². The van der Waals surface area contributed by atoms with Crippen molar-refractivity contribution in [3.05, 3.63) is 42.0 Å². The first-order valence-corrected chi connectivity index (χ1v) is 7.65. The number of benzene rings is 1. The summed E-state index contributed by atoms with van der Waals surface area (Å²) >= 11 is 0. The van der Waals surface area contributed by atoms with Crippen molar-refractivity contribution in [2.75, 3.05) is 13.1 Å². The largest absolute Gasteiger partial charge is 0.444 e. The van der Waals surface area contributed by atoms with Crippen LogP contribution in [0.25, 0.3) is 6.08 Å². The maximum absolute atomic E-state index is 12.0. The molecule has 21 heavy (non-hydrogen) atoms. The number of piperidine rings is 1. The third kappa shape index (κ3) is 5.25. The summed E-state index contributed by atoms with van der Waals surface area (Å²) in [5.41, 5.74) is 0.813. The Labute approximate surface area is 127 Å². The normalized spacial score (nSPS) is 17.2. The maximum Gasteiger partial charge on any atom is 0.410 e. The number of allylic oxidation sites excluding steroid dienone is 1. The Hall–Kier alpha value is -1.77. The van der Waals surface area contributed by atoms with Gasteiger partial charge in [-0.1, -0.05) is 42.5 Å². The topological polar surface area (TPSA) is 29.5 Å². The first kappa shape index (κ1) is 15.6. The minimum atomic E-state index is -0.416. The summed E-state index contributed by atoms with van der Waals surface area (Å²) in [6.45, 7) is 7.26. The fourth-order valence-electron chi connectivity index (χ4n) is 2.41. The summed E-state index contributed by atoms with van der Waals surface area (Å²) in [5, 5.41) is 0. The second-order valence-electron chi connectivity index (χ2n) is 6.57. The van der Waals surface area contributed by atoms with Crippen LogP contribution in [0.15, 0.2) is 36.4 Å². The summed E-state index contributed by atoms with van der Waals surface area (Å²) in [7, 11) is 0. The number of likely N-dealkylation sites (tertiary alicyclic amines) is 1. The average Bonchev–Trinajstić information content (AvgIpc) is 2.45. The molecule has 0 spiro atoms. The molecule has 3 nitrogen and oxygen atoms in total. The fraction of sp³-hybridized carbons (Fsp3) is 0.500. The molecule has 0 saturated carbocycles. The zero-order valence-electron chi connectivity index (χ0n) is 13.2. The lowest BCUT2D eigenvalue weighted by molar-refractivity contribution is 0.0197. The van der Waals surface area contributed by atoms with E-state index < -0.39 is 5.60 Å². The van der Waals surface area contributed by atoms with Gasteiger partial charge in [-0.2, -0.15) is 0 Å². The number of carbonyl (C=O) groups excluding carboxylic acids is 1. The van der Waals surface area contributed by atoms with E-state index in [-0.39, 0.29) is 6.09 Å². The molecule has 0 aliphatic carbocycles. The van der Waals surface area contributed by atoms with Crippen molar-refractivity contribution < 1.29 is 9.53 Å². The van der Waals surface area contributed by atoms with E-state index in [0.717, 1.165) is 25.9 Å². The lowest BCUT2D eigenvalue weighted by Crippen LogP contribution is -2.41. The number of ether oxygens (including phenoxy) is 1. The van der Waals surface area contributed by atoms with Crippen LogP contribution in [-0.2, 0) is 4.74 Å². The van der Waals surface area contributed by atoms with Gasteiger partial charge in [0.25, 0.3) is 0 Å². The van der Waals surface area contributed by atoms with Crippen LogP contribution in [0.5, 0.6) is 0 Å². The monoisotopic (exact) mass is 287 g/mol. The van der Waals surface area contributed by atoms with Gasteiger partial charge in [0.05, 0.1) is 0 Å². The fourth-order valence-corrected chi connectivity index (χ4v) is 2.41. The Morgan fingerprint density at radius 1 is 1.19 bits per heavy atom. The summed E-state index contributed by atoms with van der Waals surface area (Å²) in [6.07, 6.45) is 6.26. The first-order chi connectivity index (χ1) is 9.94. The molecule has 114 valence electrons. The highest BCUT2D eigenvalue weighted by Crippen LogP contribution is 2.21. The number of nitrogens with zero attached hydrogens (tertiary/aromatic N) is 1. The predicted molar refractivity (Wildman–Crippen MR) is 86.0 cm³/mol. The molecule has 3 heteroatoms. The molecule has 0 atom stereocenters. The van der Waals surface area contributed by atoms with Crippen molar-refractivity contribution in [3.63, 3.8) is 0 Å². The number of carbonyl (C=O) groups is 1. The number of hydrogen-bond acceptors (Lipinski definition) is 2. The van der Waals surface area contributed by atoms with Crippen molar-refractivity contribution in [1.82, 2.24) is 4.90 Å². The van der Waals surface area contributed by atoms with Crippen molar-refractivity contribution in [3.8, 4) is 0 Å². The highest BCUT2D eigenvalue weighted by molar-refractivity contribution is 5.68. The van der Waals surface area contributed by atoms with Gasteiger partial charge < -0.3 is 9.64 Å². The van der Waals surface area contributed by atoms with Crippen LogP contribution in [0.1, 0.15) is 39.2 Å². The highest BCUT2D eigenvalue weighted by atomic mass is 16.6. The van der Waals surface area contributed by atoms with E-state index in [1.807, 2.05) is 43.9 Å². The number of rotatable bonds is 2. The van der Waals surface area contributed by atoms with Gasteiger partial charge >= 0.3 is 6.09 Å². The Balaban J connectivity index is 1.81. The lowest BCUT2D eigenvalue weighted by Gasteiger charge is -2.32. The van der Waals surface area contributed by atoms with Gasteiger partial charge in [0.15, 0.2) is 0 Å². The van der Waals surface area contributed by atoms with Gasteiger partial charge in [-0.15, -0.1) is 0 Å². The van der Waals surface area contributed by atoms with Crippen LogP contribution < -0.4 is 0 Å². The maximum atomic E-state index is 12.0. The van der Waals surface area contributed by atoms with E-state index in [9.17, 15) is 4.79 Å². The third-order valence-corrected chi connectivity index (χ3v) is 3.55. The molecule has 1 heterocycles. The lowest BCUT2D eigenvalue weighted by atomic mass is 9.96. The molecule has 1 aromatic carbocycles. The van der Waals surface area contributed by atoms with Gasteiger partial charge in [0, 0.05) is 13.1 Å². The van der Waals surface area contributed by atoms with E-state index >= 15 is 0 Å². The van der Waals surface area contributed by atoms with Crippen LogP contribution in [0, 0.1) is 5.92 Å². The van der Waals surface area contributed by atoms with Crippen LogP contribution in [0.4, 0.5) is 4.79 Å². The molecule has 0 N–H and O–H groups in total. The van der Waals surface area contributed by atoms with Gasteiger partial charge in [0.1, 0.15) is 5.60 Å². The summed E-state index contributed by atoms with van der Waals surface area (Å²) in [4.78, 5) is 13.8. The molecule has 0 unspecified atom stereocenters. The van der Waals surface area contributed by atoms with Gasteiger partial charge in [-0.25, -0.2) is 4.79 Å². The number of hydrogen-bond donors (Lipinski definition) is 0. The summed E-state index contributed by atoms with van der Waals surface area (Å²) < 4.78 is 5.41. The molecule has 1 aliphatic heterocycles. The van der Waals surface area contributed by atoms with Crippen molar-refractivity contribution in [2.45, 2.75) is 39.2 Å². The van der Waals surface area contributed by atoms with Gasteiger partial charge in [-0.05, 0) is 45.1 Å². The molecular formula is C18H25NO2. The minimum Gasteiger partial charge on any atom is -0.444 e. The van der Waals surface area contributed by atoms with E-state index in [1.165, 1.54) is 5.56 Å². The van der Waals surface area contributed by atoms with Crippen molar-refractivity contribution in [2.24, 2.45) is 5.92 Å². The average molecular weight is 287 g/mol. The second kappa shape index (κ2) is 6.79. The van der Waals surface area contributed by atoms with Crippen molar-refractivity contribution in [1.29, 1.82) is 0 Å². The Morgan fingerprint density at radius 2 is 1.81 bits per heavy atom. The predicted octanol–water partition coefficient (Wildman–Crippen LogP) is 4.35. The molecule has 0 aromatic heterocycles. The first-order valence-electron chi connectivity index (χ1n) is 7.65. The van der Waals surface area contributed by atoms with Crippen LogP contribution in [0.3, 0.4) is 0 Å². The number of amides is 1. The van der Waals surface area contributed by atoms with E-state index in [1.54, 1.807) is 0 Å². The standard InChI is InChI=1S/C18H25NO2/c1-18(2,3)21-17(20)19-13-11-16(12-14-19)10-9-15-7-5-4-6-8-15/h4-10,16H,11-14H2,1-3H3/b10-9+. The van der Waals surface area contributed by atoms with Gasteiger partial charge in [-0.3, -0.25) is 0 Å². The highest BCUT2D eigenvalue weighted by Gasteiger charge is 2.25. The third-order valence-electron chi connectivity index (χ3n) is 3.55. The molecule has 1 saturated heterocycles. The second-order valence-corrected chi connectivity index (χ2v) is 6.57. The molecule has 1 aromatic rings. The molecule has 1 amide bonds. The zero-order valence-corrected chi connectivity index (χ0v) is 13.2. The quantitative estimate of drug-likeness (QED) is 0.809. The molecule has 1 fully saturated rings. The van der Waals surface area contributed by atoms with Crippen molar-refractivity contribution >= 4 is 12.2 Å². The van der Waals surface area contributed by atoms with Crippen LogP contribution in [-0.4, -0.2) is 29.7 Å². The van der Waals surface area contributed by atoms with E-state index in [2.05, 4.69) is 24.3 Å². The van der Waals surface area contributed by atoms with Gasteiger partial charge in [0.2, 0.25) is 0 Å². The Morgan fingerprint density at radius 3 is 2.38 bits per heavy atom. The zero-order chi connectivity index (χ0) is 15.3. The smallest absolute Gasteiger partial charge is 0.410 e. The Bertz CT molecular complexity index is 480. The molecule has 2 rings (SSSR count). The summed E-state index contributed by atoms with van der Waals surface area (Å²) in [5.74, 6) is 0.545. The molecular weight excluding hydrogens is 262 g/mol. The minimum absolute atomic E-state index is 0.187. The molecule has 0 radical (unpaired) electrons. The van der Waals surface area contributed by atoms with E-state index in [4.69, 9.17) is 4.74 Å². The van der Waals surface area contributed by atoms with Crippen LogP contribution in [0.2, 0.25) is 0 Å².